The third kappa shape index (κ3) is 3.60. The van der Waals surface area contributed by atoms with Crippen molar-refractivity contribution in [2.24, 2.45) is 5.84 Å². The van der Waals surface area contributed by atoms with Gasteiger partial charge in [-0.05, 0) is 37.3 Å². The maximum Gasteiger partial charge on any atom is 0.433 e. The van der Waals surface area contributed by atoms with Crippen molar-refractivity contribution in [3.05, 3.63) is 36.0 Å². The van der Waals surface area contributed by atoms with E-state index in [9.17, 15) is 13.2 Å². The predicted octanol–water partition coefficient (Wildman–Crippen LogP) is 2.85. The second-order valence-corrected chi connectivity index (χ2v) is 4.06. The number of nitrogens with one attached hydrogen (secondary N) is 1. The molecule has 0 bridgehead atoms. The first-order valence-corrected chi connectivity index (χ1v) is 6.10. The average molecular weight is 298 g/mol. The number of halogens is 3. The van der Waals surface area contributed by atoms with Gasteiger partial charge in [-0.25, -0.2) is 15.8 Å². The molecule has 0 aliphatic rings. The Morgan fingerprint density at radius 1 is 1.19 bits per heavy atom. The van der Waals surface area contributed by atoms with Gasteiger partial charge in [0.2, 0.25) is 5.95 Å². The SMILES string of the molecule is CCOc1ccc(-c2cc(C(F)(F)F)nc(NN)n2)cc1. The first-order valence-electron chi connectivity index (χ1n) is 6.10. The van der Waals surface area contributed by atoms with Crippen molar-refractivity contribution in [2.45, 2.75) is 13.1 Å². The molecule has 8 heteroatoms. The molecule has 112 valence electrons. The summed E-state index contributed by atoms with van der Waals surface area (Å²) in [7, 11) is 0. The molecule has 0 saturated carbocycles. The summed E-state index contributed by atoms with van der Waals surface area (Å²) in [5.74, 6) is 5.44. The number of aromatic nitrogens is 2. The van der Waals surface area contributed by atoms with E-state index in [-0.39, 0.29) is 11.6 Å². The molecule has 21 heavy (non-hydrogen) atoms. The van der Waals surface area contributed by atoms with Crippen molar-refractivity contribution in [3.63, 3.8) is 0 Å². The molecule has 2 rings (SSSR count). The number of hydrogen-bond acceptors (Lipinski definition) is 5. The van der Waals surface area contributed by atoms with Gasteiger partial charge in [-0.3, -0.25) is 5.43 Å². The van der Waals surface area contributed by atoms with Gasteiger partial charge < -0.3 is 4.74 Å². The highest BCUT2D eigenvalue weighted by molar-refractivity contribution is 5.62. The van der Waals surface area contributed by atoms with Crippen LogP contribution in [0.1, 0.15) is 12.6 Å². The van der Waals surface area contributed by atoms with Crippen molar-refractivity contribution >= 4 is 5.95 Å². The largest absolute Gasteiger partial charge is 0.494 e. The van der Waals surface area contributed by atoms with E-state index in [0.717, 1.165) is 6.07 Å². The van der Waals surface area contributed by atoms with E-state index in [1.807, 2.05) is 12.3 Å². The van der Waals surface area contributed by atoms with Gasteiger partial charge >= 0.3 is 6.18 Å². The maximum atomic E-state index is 12.8. The first-order chi connectivity index (χ1) is 9.94. The zero-order valence-corrected chi connectivity index (χ0v) is 11.1. The Labute approximate surface area is 118 Å². The molecule has 0 radical (unpaired) electrons. The lowest BCUT2D eigenvalue weighted by molar-refractivity contribution is -0.141. The van der Waals surface area contributed by atoms with E-state index in [1.165, 1.54) is 0 Å². The van der Waals surface area contributed by atoms with Crippen molar-refractivity contribution in [1.29, 1.82) is 0 Å². The number of rotatable bonds is 4. The second kappa shape index (κ2) is 5.96. The number of hydrogen-bond donors (Lipinski definition) is 2. The number of nitrogens with two attached hydrogens (primary N) is 1. The van der Waals surface area contributed by atoms with Gasteiger partial charge in [0.1, 0.15) is 5.75 Å². The van der Waals surface area contributed by atoms with Crippen LogP contribution in [0.2, 0.25) is 0 Å². The van der Waals surface area contributed by atoms with Crippen molar-refractivity contribution < 1.29 is 17.9 Å². The lowest BCUT2D eigenvalue weighted by atomic mass is 10.1. The average Bonchev–Trinajstić information content (AvgIpc) is 2.47. The highest BCUT2D eigenvalue weighted by Gasteiger charge is 2.33. The molecule has 1 aromatic heterocycles. The Morgan fingerprint density at radius 3 is 2.38 bits per heavy atom. The lowest BCUT2D eigenvalue weighted by Crippen LogP contribution is -2.15. The molecular formula is C13H13F3N4O. The summed E-state index contributed by atoms with van der Waals surface area (Å²) in [6.07, 6.45) is -4.57. The maximum absolute atomic E-state index is 12.8. The number of ether oxygens (including phenoxy) is 1. The van der Waals surface area contributed by atoms with Crippen LogP contribution >= 0.6 is 0 Å². The Kier molecular flexibility index (Phi) is 4.27. The van der Waals surface area contributed by atoms with E-state index in [2.05, 4.69) is 9.97 Å². The van der Waals surface area contributed by atoms with Gasteiger partial charge in [-0.15, -0.1) is 0 Å². The van der Waals surface area contributed by atoms with E-state index >= 15 is 0 Å². The van der Waals surface area contributed by atoms with Gasteiger partial charge in [0.15, 0.2) is 5.69 Å². The van der Waals surface area contributed by atoms with E-state index < -0.39 is 11.9 Å². The van der Waals surface area contributed by atoms with Crippen LogP contribution < -0.4 is 16.0 Å². The molecule has 1 aromatic carbocycles. The molecule has 3 N–H and O–H groups in total. The number of hydrazine groups is 1. The smallest absolute Gasteiger partial charge is 0.433 e. The highest BCUT2D eigenvalue weighted by Crippen LogP contribution is 2.31. The van der Waals surface area contributed by atoms with Crippen LogP contribution in [0.5, 0.6) is 5.75 Å². The fourth-order valence-electron chi connectivity index (χ4n) is 1.69. The quantitative estimate of drug-likeness (QED) is 0.670. The number of benzene rings is 1. The molecule has 0 saturated heterocycles. The third-order valence-corrected chi connectivity index (χ3v) is 2.61. The molecule has 2 aromatic rings. The van der Waals surface area contributed by atoms with Crippen LogP contribution in [0, 0.1) is 0 Å². The van der Waals surface area contributed by atoms with Crippen molar-refractivity contribution in [3.8, 4) is 17.0 Å². The minimum Gasteiger partial charge on any atom is -0.494 e. The molecule has 0 aliphatic heterocycles. The molecule has 0 spiro atoms. The monoisotopic (exact) mass is 298 g/mol. The molecule has 5 nitrogen and oxygen atoms in total. The van der Waals surface area contributed by atoms with Gasteiger partial charge in [-0.1, -0.05) is 0 Å². The molecule has 1 heterocycles. The van der Waals surface area contributed by atoms with Crippen LogP contribution in [0.4, 0.5) is 19.1 Å². The molecule has 0 amide bonds. The highest BCUT2D eigenvalue weighted by atomic mass is 19.4. The number of nitrogen functional groups attached to an aromatic ring is 1. The molecule has 0 atom stereocenters. The lowest BCUT2D eigenvalue weighted by Gasteiger charge is -2.10. The van der Waals surface area contributed by atoms with Gasteiger partial charge in [0.25, 0.3) is 0 Å². The Hall–Kier alpha value is -2.35. The van der Waals surface area contributed by atoms with Crippen LogP contribution in [-0.2, 0) is 6.18 Å². The molecule has 0 fully saturated rings. The minimum absolute atomic E-state index is 0.119. The first kappa shape index (κ1) is 15.0. The van der Waals surface area contributed by atoms with Gasteiger partial charge in [-0.2, -0.15) is 13.2 Å². The summed E-state index contributed by atoms with van der Waals surface area (Å²) in [6, 6.07) is 7.42. The van der Waals surface area contributed by atoms with Crippen molar-refractivity contribution in [1.82, 2.24) is 9.97 Å². The fourth-order valence-corrected chi connectivity index (χ4v) is 1.69. The fraction of sp³-hybridized carbons (Fsp3) is 0.231. The van der Waals surface area contributed by atoms with Crippen LogP contribution in [0.15, 0.2) is 30.3 Å². The zero-order chi connectivity index (χ0) is 15.5. The van der Waals surface area contributed by atoms with Crippen LogP contribution in [0.3, 0.4) is 0 Å². The van der Waals surface area contributed by atoms with Gasteiger partial charge in [0, 0.05) is 5.56 Å². The summed E-state index contributed by atoms with van der Waals surface area (Å²) in [5.41, 5.74) is 1.60. The topological polar surface area (TPSA) is 73.1 Å². The predicted molar refractivity (Wildman–Crippen MR) is 71.4 cm³/mol. The van der Waals surface area contributed by atoms with Crippen LogP contribution in [-0.4, -0.2) is 16.6 Å². The summed E-state index contributed by atoms with van der Waals surface area (Å²) < 4.78 is 43.6. The standard InChI is InChI=1S/C13H13F3N4O/c1-2-21-9-5-3-8(4-6-9)10-7-11(13(14,15)16)19-12(18-10)20-17/h3-7H,2,17H2,1H3,(H,18,19,20). The number of alkyl halides is 3. The third-order valence-electron chi connectivity index (χ3n) is 2.61. The van der Waals surface area contributed by atoms with E-state index in [1.54, 1.807) is 24.3 Å². The van der Waals surface area contributed by atoms with E-state index in [0.29, 0.717) is 17.9 Å². The number of anilines is 1. The molecule has 0 unspecified atom stereocenters. The second-order valence-electron chi connectivity index (χ2n) is 4.06. The Balaban J connectivity index is 2.42. The summed E-state index contributed by atoms with van der Waals surface area (Å²) >= 11 is 0. The van der Waals surface area contributed by atoms with E-state index in [4.69, 9.17) is 10.6 Å². The normalized spacial score (nSPS) is 11.3. The molecular weight excluding hydrogens is 285 g/mol. The summed E-state index contributed by atoms with van der Waals surface area (Å²) in [6.45, 7) is 2.35. The van der Waals surface area contributed by atoms with Crippen LogP contribution in [0.25, 0.3) is 11.3 Å². The zero-order valence-electron chi connectivity index (χ0n) is 11.1. The molecule has 0 aliphatic carbocycles. The van der Waals surface area contributed by atoms with Crippen molar-refractivity contribution in [2.75, 3.05) is 12.0 Å². The Morgan fingerprint density at radius 2 is 1.86 bits per heavy atom. The summed E-state index contributed by atoms with van der Waals surface area (Å²) in [4.78, 5) is 7.22. The number of nitrogens with zero attached hydrogens (tertiary/aromatic N) is 2. The Bertz CT molecular complexity index is 614. The summed E-state index contributed by atoms with van der Waals surface area (Å²) in [5, 5.41) is 0. The van der Waals surface area contributed by atoms with Gasteiger partial charge in [0.05, 0.1) is 12.3 Å². The minimum atomic E-state index is -4.57.